The normalized spacial score (nSPS) is 12.6. The van der Waals surface area contributed by atoms with Crippen LogP contribution in [-0.2, 0) is 11.3 Å². The molecular formula is C25H24N2O4. The second-order valence-electron chi connectivity index (χ2n) is 7.40. The van der Waals surface area contributed by atoms with E-state index < -0.39 is 6.09 Å². The average molecular weight is 416 g/mol. The number of rotatable bonds is 6. The second kappa shape index (κ2) is 9.02. The lowest BCUT2D eigenvalue weighted by Crippen LogP contribution is -2.26. The van der Waals surface area contributed by atoms with Crippen LogP contribution in [-0.4, -0.2) is 34.4 Å². The number of aryl methyl sites for hydroxylation is 1. The van der Waals surface area contributed by atoms with E-state index in [-0.39, 0.29) is 31.4 Å². The van der Waals surface area contributed by atoms with Gasteiger partial charge in [-0.25, -0.2) is 4.79 Å². The van der Waals surface area contributed by atoms with E-state index in [2.05, 4.69) is 34.6 Å². The quantitative estimate of drug-likeness (QED) is 0.562. The zero-order chi connectivity index (χ0) is 21.8. The molecule has 3 aromatic rings. The number of aliphatic hydroxyl groups excluding tert-OH is 1. The number of hydrogen-bond acceptors (Lipinski definition) is 5. The monoisotopic (exact) mass is 416 g/mol. The average Bonchev–Trinajstić information content (AvgIpc) is 3.12. The van der Waals surface area contributed by atoms with Crippen molar-refractivity contribution in [2.75, 3.05) is 13.2 Å². The summed E-state index contributed by atoms with van der Waals surface area (Å²) in [6, 6.07) is 16.4. The molecule has 0 fully saturated rings. The zero-order valence-electron chi connectivity index (χ0n) is 17.2. The van der Waals surface area contributed by atoms with E-state index in [1.807, 2.05) is 24.3 Å². The van der Waals surface area contributed by atoms with E-state index in [1.165, 1.54) is 17.3 Å². The van der Waals surface area contributed by atoms with Crippen LogP contribution in [0.5, 0.6) is 5.75 Å². The van der Waals surface area contributed by atoms with Crippen LogP contribution in [0, 0.1) is 6.92 Å². The minimum Gasteiger partial charge on any atom is -0.505 e. The summed E-state index contributed by atoms with van der Waals surface area (Å²) in [5.41, 5.74) is 6.17. The molecule has 0 bridgehead atoms. The molecule has 2 aromatic carbocycles. The van der Waals surface area contributed by atoms with Gasteiger partial charge in [-0.15, -0.1) is 0 Å². The van der Waals surface area contributed by atoms with Crippen LogP contribution in [0.15, 0.2) is 60.8 Å². The SMILES string of the molecule is Cc1ncc(CO)c(C=CCNC(=O)OCC2c3ccccc3-c3ccccc32)c1O. The summed E-state index contributed by atoms with van der Waals surface area (Å²) in [5, 5.41) is 22.3. The molecule has 4 rings (SSSR count). The van der Waals surface area contributed by atoms with Crippen LogP contribution >= 0.6 is 0 Å². The van der Waals surface area contributed by atoms with Crippen molar-refractivity contribution in [2.45, 2.75) is 19.4 Å². The van der Waals surface area contributed by atoms with Crippen LogP contribution < -0.4 is 5.32 Å². The van der Waals surface area contributed by atoms with Gasteiger partial charge in [0.2, 0.25) is 0 Å². The fourth-order valence-corrected chi connectivity index (χ4v) is 3.93. The van der Waals surface area contributed by atoms with Gasteiger partial charge in [0.15, 0.2) is 0 Å². The molecular weight excluding hydrogens is 392 g/mol. The summed E-state index contributed by atoms with van der Waals surface area (Å²) in [7, 11) is 0. The molecule has 1 aliphatic rings. The van der Waals surface area contributed by atoms with Gasteiger partial charge >= 0.3 is 6.09 Å². The summed E-state index contributed by atoms with van der Waals surface area (Å²) in [4.78, 5) is 16.2. The predicted octanol–water partition coefficient (Wildman–Crippen LogP) is 4.14. The Morgan fingerprint density at radius 2 is 1.77 bits per heavy atom. The number of benzene rings is 2. The highest BCUT2D eigenvalue weighted by Gasteiger charge is 2.28. The molecule has 158 valence electrons. The molecule has 6 nitrogen and oxygen atoms in total. The molecule has 3 N–H and O–H groups in total. The number of aromatic nitrogens is 1. The zero-order valence-corrected chi connectivity index (χ0v) is 17.2. The minimum absolute atomic E-state index is 0.0116. The smallest absolute Gasteiger partial charge is 0.407 e. The number of pyridine rings is 1. The Kier molecular flexibility index (Phi) is 6.00. The number of fused-ring (bicyclic) bond motifs is 3. The largest absolute Gasteiger partial charge is 0.505 e. The summed E-state index contributed by atoms with van der Waals surface area (Å²) in [6.07, 6.45) is 4.35. The maximum atomic E-state index is 12.2. The Morgan fingerprint density at radius 3 is 2.42 bits per heavy atom. The molecule has 1 heterocycles. The van der Waals surface area contributed by atoms with E-state index in [1.54, 1.807) is 19.1 Å². The number of carbonyl (C=O) groups excluding carboxylic acids is 1. The Morgan fingerprint density at radius 1 is 1.13 bits per heavy atom. The molecule has 0 atom stereocenters. The number of hydrogen-bond donors (Lipinski definition) is 3. The summed E-state index contributed by atoms with van der Waals surface area (Å²) in [5.74, 6) is 0.0292. The van der Waals surface area contributed by atoms with E-state index in [0.29, 0.717) is 16.8 Å². The van der Waals surface area contributed by atoms with Crippen LogP contribution in [0.1, 0.15) is 33.9 Å². The minimum atomic E-state index is -0.510. The van der Waals surface area contributed by atoms with Crippen LogP contribution in [0.3, 0.4) is 0 Å². The Hall–Kier alpha value is -3.64. The highest BCUT2D eigenvalue weighted by molar-refractivity contribution is 5.79. The molecule has 1 amide bonds. The Labute approximate surface area is 180 Å². The Bertz CT molecular complexity index is 1090. The van der Waals surface area contributed by atoms with Gasteiger partial charge < -0.3 is 20.3 Å². The predicted molar refractivity (Wildman–Crippen MR) is 119 cm³/mol. The van der Waals surface area contributed by atoms with Crippen LogP contribution in [0.2, 0.25) is 0 Å². The number of nitrogens with one attached hydrogen (secondary N) is 1. The van der Waals surface area contributed by atoms with Gasteiger partial charge in [-0.05, 0) is 29.2 Å². The highest BCUT2D eigenvalue weighted by atomic mass is 16.5. The maximum Gasteiger partial charge on any atom is 0.407 e. The van der Waals surface area contributed by atoms with Gasteiger partial charge in [0.1, 0.15) is 12.4 Å². The molecule has 0 spiro atoms. The number of aromatic hydroxyl groups is 1. The third kappa shape index (κ3) is 4.15. The van der Waals surface area contributed by atoms with Gasteiger partial charge in [0.25, 0.3) is 0 Å². The first kappa shape index (κ1) is 20.6. The van der Waals surface area contributed by atoms with Crippen molar-refractivity contribution in [2.24, 2.45) is 0 Å². The van der Waals surface area contributed by atoms with Crippen LogP contribution in [0.4, 0.5) is 4.79 Å². The third-order valence-electron chi connectivity index (χ3n) is 5.52. The second-order valence-corrected chi connectivity index (χ2v) is 7.40. The number of alkyl carbamates (subject to hydrolysis) is 1. The van der Waals surface area contributed by atoms with Crippen molar-refractivity contribution in [1.29, 1.82) is 0 Å². The molecule has 6 heteroatoms. The first-order valence-electron chi connectivity index (χ1n) is 10.1. The summed E-state index contributed by atoms with van der Waals surface area (Å²) >= 11 is 0. The van der Waals surface area contributed by atoms with Crippen molar-refractivity contribution in [1.82, 2.24) is 10.3 Å². The molecule has 0 aliphatic heterocycles. The van der Waals surface area contributed by atoms with Gasteiger partial charge in [-0.1, -0.05) is 60.7 Å². The number of carbonyl (C=O) groups is 1. The molecule has 1 aliphatic carbocycles. The fraction of sp³-hybridized carbons (Fsp3) is 0.200. The van der Waals surface area contributed by atoms with E-state index >= 15 is 0 Å². The first-order valence-corrected chi connectivity index (χ1v) is 10.1. The molecule has 0 saturated carbocycles. The topological polar surface area (TPSA) is 91.7 Å². The third-order valence-corrected chi connectivity index (χ3v) is 5.52. The fourth-order valence-electron chi connectivity index (χ4n) is 3.93. The standard InChI is InChI=1S/C25H24N2O4/c1-16-24(29)18(17(14-28)13-27-16)11-6-12-26-25(30)31-15-23-21-9-4-2-7-19(21)20-8-3-5-10-22(20)23/h2-11,13,23,28-29H,12,14-15H2,1H3,(H,26,30). The maximum absolute atomic E-state index is 12.2. The van der Waals surface area contributed by atoms with Crippen molar-refractivity contribution in [3.05, 3.63) is 88.8 Å². The lowest BCUT2D eigenvalue weighted by atomic mass is 9.98. The Balaban J connectivity index is 1.36. The van der Waals surface area contributed by atoms with E-state index in [9.17, 15) is 15.0 Å². The van der Waals surface area contributed by atoms with Crippen molar-refractivity contribution in [3.63, 3.8) is 0 Å². The van der Waals surface area contributed by atoms with Gasteiger partial charge in [-0.2, -0.15) is 0 Å². The number of ether oxygens (including phenoxy) is 1. The molecule has 0 unspecified atom stereocenters. The molecule has 1 aromatic heterocycles. The lowest BCUT2D eigenvalue weighted by Gasteiger charge is -2.14. The van der Waals surface area contributed by atoms with E-state index in [4.69, 9.17) is 4.74 Å². The van der Waals surface area contributed by atoms with Crippen LogP contribution in [0.25, 0.3) is 17.2 Å². The number of nitrogens with zero attached hydrogens (tertiary/aromatic N) is 1. The van der Waals surface area contributed by atoms with Crippen molar-refractivity contribution < 1.29 is 19.7 Å². The number of aliphatic hydroxyl groups is 1. The van der Waals surface area contributed by atoms with Crippen molar-refractivity contribution in [3.8, 4) is 16.9 Å². The van der Waals surface area contributed by atoms with Gasteiger partial charge in [0, 0.05) is 29.8 Å². The van der Waals surface area contributed by atoms with Gasteiger partial charge in [-0.3, -0.25) is 4.98 Å². The molecule has 31 heavy (non-hydrogen) atoms. The van der Waals surface area contributed by atoms with E-state index in [0.717, 1.165) is 11.1 Å². The lowest BCUT2D eigenvalue weighted by molar-refractivity contribution is 0.144. The molecule has 0 radical (unpaired) electrons. The number of amides is 1. The van der Waals surface area contributed by atoms with Crippen molar-refractivity contribution >= 4 is 12.2 Å². The summed E-state index contributed by atoms with van der Waals surface area (Å²) in [6.45, 7) is 1.92. The van der Waals surface area contributed by atoms with Gasteiger partial charge in [0.05, 0.1) is 12.3 Å². The first-order chi connectivity index (χ1) is 15.1. The summed E-state index contributed by atoms with van der Waals surface area (Å²) < 4.78 is 5.50. The molecule has 0 saturated heterocycles. The highest BCUT2D eigenvalue weighted by Crippen LogP contribution is 2.44.